The van der Waals surface area contributed by atoms with Gasteiger partial charge in [0.25, 0.3) is 0 Å². The largest absolute Gasteiger partial charge is 0.478 e. The van der Waals surface area contributed by atoms with Crippen molar-refractivity contribution >= 4 is 17.8 Å². The Balaban J connectivity index is 1.89. The smallest absolute Gasteiger partial charge is 0.338 e. The fourth-order valence-electron chi connectivity index (χ4n) is 2.21. The van der Waals surface area contributed by atoms with E-state index in [0.717, 1.165) is 0 Å². The molecule has 1 saturated heterocycles. The number of aromatic nitrogens is 2. The van der Waals surface area contributed by atoms with Gasteiger partial charge < -0.3 is 15.7 Å². The Morgan fingerprint density at radius 1 is 1.35 bits per heavy atom. The summed E-state index contributed by atoms with van der Waals surface area (Å²) in [7, 11) is 0. The van der Waals surface area contributed by atoms with Crippen LogP contribution in [0.5, 0.6) is 0 Å². The van der Waals surface area contributed by atoms with Crippen molar-refractivity contribution in [3.05, 3.63) is 18.0 Å². The van der Waals surface area contributed by atoms with Crippen molar-refractivity contribution in [3.8, 4) is 0 Å². The van der Waals surface area contributed by atoms with Gasteiger partial charge in [-0.1, -0.05) is 0 Å². The van der Waals surface area contributed by atoms with Gasteiger partial charge in [-0.15, -0.1) is 0 Å². The number of carbonyl (C=O) groups is 3. The third-order valence-corrected chi connectivity index (χ3v) is 3.43. The van der Waals surface area contributed by atoms with E-state index in [1.54, 1.807) is 4.90 Å². The summed E-state index contributed by atoms with van der Waals surface area (Å²) < 4.78 is 1.30. The molecule has 0 saturated carbocycles. The first-order valence-electron chi connectivity index (χ1n) is 6.30. The fourth-order valence-corrected chi connectivity index (χ4v) is 2.21. The maximum Gasteiger partial charge on any atom is 0.338 e. The van der Waals surface area contributed by atoms with E-state index in [0.29, 0.717) is 25.9 Å². The van der Waals surface area contributed by atoms with E-state index in [4.69, 9.17) is 10.8 Å². The molecule has 1 aliphatic heterocycles. The molecular formula is C12H16N4O4. The molecule has 2 rings (SSSR count). The van der Waals surface area contributed by atoms with Crippen LogP contribution in [-0.4, -0.2) is 50.7 Å². The minimum atomic E-state index is -1.08. The number of primary amides is 1. The third kappa shape index (κ3) is 3.14. The molecule has 0 radical (unpaired) electrons. The molecule has 1 aliphatic rings. The molecule has 1 fully saturated rings. The number of amides is 2. The molecule has 2 heterocycles. The van der Waals surface area contributed by atoms with Gasteiger partial charge in [0, 0.05) is 25.2 Å². The Bertz CT molecular complexity index is 531. The molecule has 0 atom stereocenters. The van der Waals surface area contributed by atoms with Crippen LogP contribution in [0.2, 0.25) is 0 Å². The second kappa shape index (κ2) is 5.72. The first-order valence-corrected chi connectivity index (χ1v) is 6.30. The molecule has 1 aromatic rings. The van der Waals surface area contributed by atoms with E-state index in [2.05, 4.69) is 5.10 Å². The number of carboxylic acids is 1. The van der Waals surface area contributed by atoms with Crippen molar-refractivity contribution in [3.63, 3.8) is 0 Å². The van der Waals surface area contributed by atoms with Gasteiger partial charge in [-0.3, -0.25) is 14.3 Å². The van der Waals surface area contributed by atoms with Gasteiger partial charge in [-0.2, -0.15) is 5.10 Å². The molecule has 0 bridgehead atoms. The van der Waals surface area contributed by atoms with Gasteiger partial charge >= 0.3 is 5.97 Å². The molecule has 0 aliphatic carbocycles. The maximum atomic E-state index is 12.0. The zero-order valence-corrected chi connectivity index (χ0v) is 10.9. The van der Waals surface area contributed by atoms with E-state index < -0.39 is 5.97 Å². The molecule has 0 aromatic carbocycles. The molecule has 8 heteroatoms. The second-order valence-electron chi connectivity index (χ2n) is 4.79. The first kappa shape index (κ1) is 14.0. The van der Waals surface area contributed by atoms with E-state index in [-0.39, 0.29) is 29.8 Å². The lowest BCUT2D eigenvalue weighted by atomic mass is 9.96. The van der Waals surface area contributed by atoms with Crippen molar-refractivity contribution in [1.29, 1.82) is 0 Å². The minimum Gasteiger partial charge on any atom is -0.478 e. The Labute approximate surface area is 115 Å². The van der Waals surface area contributed by atoms with Crippen LogP contribution in [0.25, 0.3) is 0 Å². The predicted molar refractivity (Wildman–Crippen MR) is 67.7 cm³/mol. The number of likely N-dealkylation sites (tertiary alicyclic amines) is 1. The third-order valence-electron chi connectivity index (χ3n) is 3.43. The van der Waals surface area contributed by atoms with E-state index in [1.165, 1.54) is 17.1 Å². The topological polar surface area (TPSA) is 119 Å². The summed E-state index contributed by atoms with van der Waals surface area (Å²) in [6.45, 7) is 0.966. The van der Waals surface area contributed by atoms with Gasteiger partial charge in [0.1, 0.15) is 6.54 Å². The van der Waals surface area contributed by atoms with Crippen LogP contribution < -0.4 is 5.73 Å². The molecule has 20 heavy (non-hydrogen) atoms. The second-order valence-corrected chi connectivity index (χ2v) is 4.79. The van der Waals surface area contributed by atoms with Crippen molar-refractivity contribution in [2.24, 2.45) is 11.7 Å². The number of piperidine rings is 1. The average molecular weight is 280 g/mol. The van der Waals surface area contributed by atoms with Crippen LogP contribution in [0.4, 0.5) is 0 Å². The molecule has 0 unspecified atom stereocenters. The number of carbonyl (C=O) groups excluding carboxylic acids is 2. The number of nitrogens with zero attached hydrogens (tertiary/aromatic N) is 3. The fraction of sp³-hybridized carbons (Fsp3) is 0.500. The summed E-state index contributed by atoms with van der Waals surface area (Å²) in [6.07, 6.45) is 3.66. The molecule has 8 nitrogen and oxygen atoms in total. The number of rotatable bonds is 4. The highest BCUT2D eigenvalue weighted by Crippen LogP contribution is 2.16. The minimum absolute atomic E-state index is 0.00544. The predicted octanol–water partition coefficient (Wildman–Crippen LogP) is -0.695. The number of hydrogen-bond donors (Lipinski definition) is 2. The van der Waals surface area contributed by atoms with Crippen molar-refractivity contribution < 1.29 is 19.5 Å². The Hall–Kier alpha value is -2.38. The Kier molecular flexibility index (Phi) is 4.02. The summed E-state index contributed by atoms with van der Waals surface area (Å²) in [5.41, 5.74) is 5.28. The summed E-state index contributed by atoms with van der Waals surface area (Å²) in [6, 6.07) is 0. The van der Waals surface area contributed by atoms with Crippen LogP contribution >= 0.6 is 0 Å². The highest BCUT2D eigenvalue weighted by Gasteiger charge is 2.26. The number of nitrogens with two attached hydrogens (primary N) is 1. The molecular weight excluding hydrogens is 264 g/mol. The summed E-state index contributed by atoms with van der Waals surface area (Å²) in [5, 5.41) is 12.6. The van der Waals surface area contributed by atoms with Crippen LogP contribution in [-0.2, 0) is 16.1 Å². The van der Waals surface area contributed by atoms with Gasteiger partial charge in [-0.05, 0) is 12.8 Å². The average Bonchev–Trinajstić information content (AvgIpc) is 2.87. The zero-order valence-electron chi connectivity index (χ0n) is 10.9. The Morgan fingerprint density at radius 3 is 2.50 bits per heavy atom. The van der Waals surface area contributed by atoms with Crippen LogP contribution in [0.1, 0.15) is 23.2 Å². The number of carboxylic acid groups (broad SMARTS) is 1. The van der Waals surface area contributed by atoms with Crippen molar-refractivity contribution in [2.45, 2.75) is 19.4 Å². The molecule has 1 aromatic heterocycles. The number of hydrogen-bond acceptors (Lipinski definition) is 4. The molecule has 3 N–H and O–H groups in total. The number of aromatic carboxylic acids is 1. The summed E-state index contributed by atoms with van der Waals surface area (Å²) in [5.74, 6) is -1.71. The standard InChI is InChI=1S/C12H16N4O4/c13-11(18)8-1-3-15(4-2-8)10(17)7-16-6-9(5-14-16)12(19)20/h5-6,8H,1-4,7H2,(H2,13,18)(H,19,20). The van der Waals surface area contributed by atoms with E-state index >= 15 is 0 Å². The van der Waals surface area contributed by atoms with E-state index in [1.807, 2.05) is 0 Å². The molecule has 0 spiro atoms. The van der Waals surface area contributed by atoms with Crippen LogP contribution in [0, 0.1) is 5.92 Å². The first-order chi connectivity index (χ1) is 9.47. The molecule has 108 valence electrons. The summed E-state index contributed by atoms with van der Waals surface area (Å²) in [4.78, 5) is 35.4. The van der Waals surface area contributed by atoms with Crippen molar-refractivity contribution in [2.75, 3.05) is 13.1 Å². The highest BCUT2D eigenvalue weighted by atomic mass is 16.4. The van der Waals surface area contributed by atoms with Gasteiger partial charge in [-0.25, -0.2) is 4.79 Å². The molecule has 2 amide bonds. The zero-order chi connectivity index (χ0) is 14.7. The summed E-state index contributed by atoms with van der Waals surface area (Å²) >= 11 is 0. The van der Waals surface area contributed by atoms with Gasteiger partial charge in [0.15, 0.2) is 0 Å². The lowest BCUT2D eigenvalue weighted by molar-refractivity contribution is -0.135. The van der Waals surface area contributed by atoms with Crippen LogP contribution in [0.15, 0.2) is 12.4 Å². The van der Waals surface area contributed by atoms with Crippen LogP contribution in [0.3, 0.4) is 0 Å². The Morgan fingerprint density at radius 2 is 2.00 bits per heavy atom. The quantitative estimate of drug-likeness (QED) is 0.756. The lowest BCUT2D eigenvalue weighted by Crippen LogP contribution is -2.43. The van der Waals surface area contributed by atoms with Crippen molar-refractivity contribution in [1.82, 2.24) is 14.7 Å². The van der Waals surface area contributed by atoms with Gasteiger partial charge in [0.05, 0.1) is 11.8 Å². The highest BCUT2D eigenvalue weighted by molar-refractivity contribution is 5.87. The van der Waals surface area contributed by atoms with E-state index in [9.17, 15) is 14.4 Å². The monoisotopic (exact) mass is 280 g/mol. The SMILES string of the molecule is NC(=O)C1CCN(C(=O)Cn2cc(C(=O)O)cn2)CC1. The lowest BCUT2D eigenvalue weighted by Gasteiger charge is -2.30. The normalized spacial score (nSPS) is 16.1. The maximum absolute atomic E-state index is 12.0. The van der Waals surface area contributed by atoms with Gasteiger partial charge in [0.2, 0.25) is 11.8 Å².